The molecule has 122 valence electrons. The molecule has 0 aromatic rings. The first-order valence-corrected chi connectivity index (χ1v) is 9.50. The third kappa shape index (κ3) is 3.51. The lowest BCUT2D eigenvalue weighted by Crippen LogP contribution is -2.42. The Morgan fingerprint density at radius 3 is 2.38 bits per heavy atom. The van der Waals surface area contributed by atoms with Gasteiger partial charge in [0.05, 0.1) is 6.26 Å². The van der Waals surface area contributed by atoms with Crippen molar-refractivity contribution in [2.75, 3.05) is 39.0 Å². The van der Waals surface area contributed by atoms with Crippen LogP contribution in [0.5, 0.6) is 0 Å². The Kier molecular flexibility index (Phi) is 4.54. The number of urea groups is 1. The zero-order valence-electron chi connectivity index (χ0n) is 13.4. The van der Waals surface area contributed by atoms with Crippen LogP contribution < -0.4 is 5.32 Å². The average molecular weight is 317 g/mol. The van der Waals surface area contributed by atoms with Crippen molar-refractivity contribution in [1.29, 1.82) is 0 Å². The molecular weight excluding hydrogens is 290 g/mol. The molecule has 2 atom stereocenters. The van der Waals surface area contributed by atoms with Gasteiger partial charge in [-0.1, -0.05) is 20.8 Å². The zero-order chi connectivity index (χ0) is 15.8. The zero-order valence-corrected chi connectivity index (χ0v) is 14.2. The van der Waals surface area contributed by atoms with Gasteiger partial charge in [0.1, 0.15) is 0 Å². The first-order valence-electron chi connectivity index (χ1n) is 7.65. The molecular formula is C14H27N3O3S. The fourth-order valence-electron chi connectivity index (χ4n) is 3.42. The minimum absolute atomic E-state index is 0.0135. The van der Waals surface area contributed by atoms with Crippen LogP contribution in [0.2, 0.25) is 0 Å². The number of nitrogens with zero attached hydrogens (tertiary/aromatic N) is 2. The maximum Gasteiger partial charge on any atom is 0.317 e. The van der Waals surface area contributed by atoms with Crippen LogP contribution in [0.3, 0.4) is 0 Å². The molecule has 0 aromatic heterocycles. The number of carbonyl (C=O) groups is 1. The normalized spacial score (nSPS) is 26.8. The number of carbonyl (C=O) groups excluding carboxylic acids is 1. The summed E-state index contributed by atoms with van der Waals surface area (Å²) in [7, 11) is -3.14. The van der Waals surface area contributed by atoms with Gasteiger partial charge in [0, 0.05) is 32.7 Å². The van der Waals surface area contributed by atoms with Crippen molar-refractivity contribution < 1.29 is 13.2 Å². The van der Waals surface area contributed by atoms with Crippen molar-refractivity contribution >= 4 is 16.1 Å². The van der Waals surface area contributed by atoms with E-state index in [2.05, 4.69) is 19.2 Å². The monoisotopic (exact) mass is 317 g/mol. The number of likely N-dealkylation sites (tertiary alicyclic amines) is 1. The molecule has 7 heteroatoms. The standard InChI is InChI=1S/C14H27N3O3S/c1-5-17(21(4,19)20)8-6-7-15-13(18)16-9-11-12(10-16)14(11,2)3/h11-12H,5-10H2,1-4H3,(H,15,18)/t11-,12+. The van der Waals surface area contributed by atoms with Crippen molar-refractivity contribution in [1.82, 2.24) is 14.5 Å². The van der Waals surface area contributed by atoms with Gasteiger partial charge in [-0.25, -0.2) is 17.5 Å². The Morgan fingerprint density at radius 1 is 1.33 bits per heavy atom. The van der Waals surface area contributed by atoms with E-state index in [1.807, 2.05) is 11.8 Å². The minimum Gasteiger partial charge on any atom is -0.338 e. The molecule has 2 aliphatic rings. The number of rotatable bonds is 6. The summed E-state index contributed by atoms with van der Waals surface area (Å²) in [6.07, 6.45) is 1.85. The van der Waals surface area contributed by atoms with Gasteiger partial charge in [-0.15, -0.1) is 0 Å². The van der Waals surface area contributed by atoms with Crippen molar-refractivity contribution in [3.8, 4) is 0 Å². The van der Waals surface area contributed by atoms with Gasteiger partial charge in [0.2, 0.25) is 10.0 Å². The van der Waals surface area contributed by atoms with E-state index < -0.39 is 10.0 Å². The highest BCUT2D eigenvalue weighted by Gasteiger charge is 2.62. The van der Waals surface area contributed by atoms with Gasteiger partial charge in [-0.2, -0.15) is 0 Å². The van der Waals surface area contributed by atoms with Gasteiger partial charge in [0.25, 0.3) is 0 Å². The predicted molar refractivity (Wildman–Crippen MR) is 82.4 cm³/mol. The molecule has 1 N–H and O–H groups in total. The second-order valence-electron chi connectivity index (χ2n) is 6.78. The highest BCUT2D eigenvalue weighted by Crippen LogP contribution is 2.61. The van der Waals surface area contributed by atoms with Gasteiger partial charge in [0.15, 0.2) is 0 Å². The fraction of sp³-hybridized carbons (Fsp3) is 0.929. The second-order valence-corrected chi connectivity index (χ2v) is 8.76. The highest BCUT2D eigenvalue weighted by molar-refractivity contribution is 7.88. The lowest BCUT2D eigenvalue weighted by atomic mass is 10.1. The quantitative estimate of drug-likeness (QED) is 0.742. The molecule has 0 bridgehead atoms. The third-order valence-electron chi connectivity index (χ3n) is 5.09. The molecule has 0 aromatic carbocycles. The summed E-state index contributed by atoms with van der Waals surface area (Å²) >= 11 is 0. The molecule has 2 fully saturated rings. The van der Waals surface area contributed by atoms with Crippen LogP contribution in [0.15, 0.2) is 0 Å². The Bertz CT molecular complexity index is 490. The van der Waals surface area contributed by atoms with E-state index in [0.29, 0.717) is 43.3 Å². The van der Waals surface area contributed by atoms with Crippen molar-refractivity contribution in [2.45, 2.75) is 27.2 Å². The van der Waals surface area contributed by atoms with Gasteiger partial charge in [-0.3, -0.25) is 0 Å². The van der Waals surface area contributed by atoms with Gasteiger partial charge < -0.3 is 10.2 Å². The number of piperidine rings is 1. The Balaban J connectivity index is 1.65. The summed E-state index contributed by atoms with van der Waals surface area (Å²) < 4.78 is 24.3. The molecule has 2 amide bonds. The van der Waals surface area contributed by atoms with Crippen LogP contribution in [0.1, 0.15) is 27.2 Å². The summed E-state index contributed by atoms with van der Waals surface area (Å²) in [6.45, 7) is 9.50. The first kappa shape index (κ1) is 16.5. The number of sulfonamides is 1. The number of fused-ring (bicyclic) bond motifs is 1. The van der Waals surface area contributed by atoms with Crippen LogP contribution in [0, 0.1) is 17.3 Å². The van der Waals surface area contributed by atoms with Gasteiger partial charge in [-0.05, 0) is 23.7 Å². The minimum atomic E-state index is -3.14. The molecule has 1 heterocycles. The molecule has 0 spiro atoms. The van der Waals surface area contributed by atoms with E-state index in [1.165, 1.54) is 10.6 Å². The summed E-state index contributed by atoms with van der Waals surface area (Å²) in [5.41, 5.74) is 0.411. The second kappa shape index (κ2) is 5.76. The molecule has 0 radical (unpaired) electrons. The van der Waals surface area contributed by atoms with E-state index in [4.69, 9.17) is 0 Å². The smallest absolute Gasteiger partial charge is 0.317 e. The van der Waals surface area contributed by atoms with Crippen LogP contribution in [0.4, 0.5) is 4.79 Å². The van der Waals surface area contributed by atoms with E-state index >= 15 is 0 Å². The summed E-state index contributed by atoms with van der Waals surface area (Å²) in [5, 5.41) is 2.89. The van der Waals surface area contributed by atoms with Crippen molar-refractivity contribution in [3.05, 3.63) is 0 Å². The van der Waals surface area contributed by atoms with Crippen molar-refractivity contribution in [2.24, 2.45) is 17.3 Å². The molecule has 21 heavy (non-hydrogen) atoms. The fourth-order valence-corrected chi connectivity index (χ4v) is 4.35. The lowest BCUT2D eigenvalue weighted by Gasteiger charge is -2.23. The molecule has 1 saturated carbocycles. The number of amides is 2. The van der Waals surface area contributed by atoms with E-state index in [1.54, 1.807) is 0 Å². The number of hydrogen-bond donors (Lipinski definition) is 1. The number of nitrogens with one attached hydrogen (secondary N) is 1. The topological polar surface area (TPSA) is 69.7 Å². The van der Waals surface area contributed by atoms with Crippen LogP contribution >= 0.6 is 0 Å². The van der Waals surface area contributed by atoms with Crippen LogP contribution in [-0.2, 0) is 10.0 Å². The molecule has 2 rings (SSSR count). The average Bonchev–Trinajstić information content (AvgIpc) is 2.79. The molecule has 1 saturated heterocycles. The highest BCUT2D eigenvalue weighted by atomic mass is 32.2. The predicted octanol–water partition coefficient (Wildman–Crippen LogP) is 0.955. The first-order chi connectivity index (χ1) is 9.67. The Morgan fingerprint density at radius 2 is 1.90 bits per heavy atom. The van der Waals surface area contributed by atoms with E-state index in [9.17, 15) is 13.2 Å². The van der Waals surface area contributed by atoms with Crippen LogP contribution in [-0.4, -0.2) is 62.6 Å². The Hall–Kier alpha value is -0.820. The summed E-state index contributed by atoms with van der Waals surface area (Å²) in [5.74, 6) is 1.31. The maximum atomic E-state index is 12.0. The maximum absolute atomic E-state index is 12.0. The molecule has 1 aliphatic heterocycles. The van der Waals surface area contributed by atoms with Crippen molar-refractivity contribution in [3.63, 3.8) is 0 Å². The summed E-state index contributed by atoms with van der Waals surface area (Å²) in [6, 6.07) is -0.0135. The third-order valence-corrected chi connectivity index (χ3v) is 6.47. The van der Waals surface area contributed by atoms with Crippen LogP contribution in [0.25, 0.3) is 0 Å². The lowest BCUT2D eigenvalue weighted by molar-refractivity contribution is 0.196. The molecule has 1 aliphatic carbocycles. The Labute approximate surface area is 127 Å². The van der Waals surface area contributed by atoms with Gasteiger partial charge >= 0.3 is 6.03 Å². The molecule has 6 nitrogen and oxygen atoms in total. The molecule has 0 unspecified atom stereocenters. The van der Waals surface area contributed by atoms with E-state index in [-0.39, 0.29) is 6.03 Å². The summed E-state index contributed by atoms with van der Waals surface area (Å²) in [4.78, 5) is 13.9. The largest absolute Gasteiger partial charge is 0.338 e. The SMILES string of the molecule is CCN(CCCNC(=O)N1C[C@@H]2[C@H](C1)C2(C)C)S(C)(=O)=O. The number of hydrogen-bond acceptors (Lipinski definition) is 3. The van der Waals surface area contributed by atoms with E-state index in [0.717, 1.165) is 13.1 Å².